The van der Waals surface area contributed by atoms with E-state index in [4.69, 9.17) is 27.9 Å². The van der Waals surface area contributed by atoms with Gasteiger partial charge in [0, 0.05) is 28.8 Å². The number of benzene rings is 2. The molecule has 0 spiro atoms. The zero-order valence-electron chi connectivity index (χ0n) is 15.9. The van der Waals surface area contributed by atoms with Crippen LogP contribution in [0.4, 0.5) is 5.69 Å². The highest BCUT2D eigenvalue weighted by molar-refractivity contribution is 7.89. The Balaban J connectivity index is 1.71. The van der Waals surface area contributed by atoms with Crippen LogP contribution in [0.2, 0.25) is 10.0 Å². The maximum Gasteiger partial charge on any atom is 0.243 e. The molecule has 0 unspecified atom stereocenters. The average Bonchev–Trinajstić information content (AvgIpc) is 2.68. The highest BCUT2D eigenvalue weighted by atomic mass is 35.5. The number of halogens is 2. The predicted molar refractivity (Wildman–Crippen MR) is 114 cm³/mol. The first-order valence-corrected chi connectivity index (χ1v) is 11.5. The lowest BCUT2D eigenvalue weighted by Gasteiger charge is -2.31. The van der Waals surface area contributed by atoms with Gasteiger partial charge >= 0.3 is 0 Å². The van der Waals surface area contributed by atoms with E-state index in [1.165, 1.54) is 16.4 Å². The molecule has 1 saturated heterocycles. The molecule has 1 heterocycles. The second-order valence-corrected chi connectivity index (χ2v) is 9.56. The molecule has 156 valence electrons. The summed E-state index contributed by atoms with van der Waals surface area (Å²) in [5, 5.41) is 3.61. The Hall–Kier alpha value is -1.80. The summed E-state index contributed by atoms with van der Waals surface area (Å²) in [5.41, 5.74) is 0.485. The highest BCUT2D eigenvalue weighted by Crippen LogP contribution is 2.27. The summed E-state index contributed by atoms with van der Waals surface area (Å²) in [4.78, 5) is 12.9. The average molecular weight is 457 g/mol. The van der Waals surface area contributed by atoms with E-state index in [2.05, 4.69) is 5.32 Å². The first kappa shape index (κ1) is 21.9. The van der Waals surface area contributed by atoms with Gasteiger partial charge in [0.1, 0.15) is 5.75 Å². The number of amides is 1. The molecule has 1 aliphatic heterocycles. The van der Waals surface area contributed by atoms with Crippen LogP contribution in [-0.2, 0) is 14.8 Å². The van der Waals surface area contributed by atoms with Gasteiger partial charge in [-0.05, 0) is 62.2 Å². The summed E-state index contributed by atoms with van der Waals surface area (Å²) >= 11 is 11.9. The van der Waals surface area contributed by atoms with Crippen molar-refractivity contribution in [1.29, 1.82) is 0 Å². The number of anilines is 1. The number of hydrogen-bond donors (Lipinski definition) is 1. The van der Waals surface area contributed by atoms with Gasteiger partial charge in [-0.2, -0.15) is 4.31 Å². The number of carbonyl (C=O) groups excluding carboxylic acids is 1. The second kappa shape index (κ2) is 9.34. The Kier molecular flexibility index (Phi) is 7.05. The Morgan fingerprint density at radius 2 is 1.83 bits per heavy atom. The van der Waals surface area contributed by atoms with Crippen LogP contribution in [0.1, 0.15) is 19.8 Å². The van der Waals surface area contributed by atoms with Crippen LogP contribution in [0, 0.1) is 5.92 Å². The topological polar surface area (TPSA) is 75.7 Å². The van der Waals surface area contributed by atoms with Gasteiger partial charge in [0.25, 0.3) is 0 Å². The fourth-order valence-corrected chi connectivity index (χ4v) is 5.32. The Morgan fingerprint density at radius 3 is 2.45 bits per heavy atom. The van der Waals surface area contributed by atoms with E-state index in [0.717, 1.165) is 0 Å². The van der Waals surface area contributed by atoms with Gasteiger partial charge in [-0.15, -0.1) is 0 Å². The van der Waals surface area contributed by atoms with Crippen LogP contribution in [0.25, 0.3) is 0 Å². The molecule has 3 rings (SSSR count). The number of sulfonamides is 1. The van der Waals surface area contributed by atoms with E-state index >= 15 is 0 Å². The van der Waals surface area contributed by atoms with Gasteiger partial charge in [-0.1, -0.05) is 23.2 Å². The van der Waals surface area contributed by atoms with Gasteiger partial charge in [-0.25, -0.2) is 8.42 Å². The third-order valence-corrected chi connectivity index (χ3v) is 6.97. The molecule has 1 aliphatic rings. The molecule has 0 saturated carbocycles. The van der Waals surface area contributed by atoms with Crippen LogP contribution in [0.5, 0.6) is 5.75 Å². The minimum atomic E-state index is -3.69. The number of hydrogen-bond acceptors (Lipinski definition) is 4. The van der Waals surface area contributed by atoms with Gasteiger partial charge in [0.15, 0.2) is 0 Å². The van der Waals surface area contributed by atoms with Crippen LogP contribution in [0.15, 0.2) is 47.4 Å². The maximum absolute atomic E-state index is 13.0. The summed E-state index contributed by atoms with van der Waals surface area (Å²) in [6.07, 6.45) is 1.21. The molecule has 1 amide bonds. The molecule has 1 N–H and O–H groups in total. The molecule has 1 fully saturated rings. The van der Waals surface area contributed by atoms with Gasteiger partial charge in [0.05, 0.1) is 17.4 Å². The van der Waals surface area contributed by atoms with Crippen molar-refractivity contribution in [1.82, 2.24) is 4.31 Å². The largest absolute Gasteiger partial charge is 0.494 e. The molecule has 6 nitrogen and oxygen atoms in total. The quantitative estimate of drug-likeness (QED) is 0.697. The predicted octanol–water partition coefficient (Wildman–Crippen LogP) is 4.43. The van der Waals surface area contributed by atoms with Crippen LogP contribution < -0.4 is 10.1 Å². The van der Waals surface area contributed by atoms with Crippen molar-refractivity contribution >= 4 is 44.8 Å². The van der Waals surface area contributed by atoms with Crippen LogP contribution in [0.3, 0.4) is 0 Å². The first-order valence-electron chi connectivity index (χ1n) is 9.29. The number of nitrogens with one attached hydrogen (secondary N) is 1. The third kappa shape index (κ3) is 5.42. The molecule has 29 heavy (non-hydrogen) atoms. The number of rotatable bonds is 6. The lowest BCUT2D eigenvalue weighted by atomic mass is 9.99. The highest BCUT2D eigenvalue weighted by Gasteiger charge is 2.33. The molecule has 0 aliphatic carbocycles. The first-order chi connectivity index (χ1) is 13.8. The smallest absolute Gasteiger partial charge is 0.243 e. The minimum absolute atomic E-state index is 0.121. The number of piperidine rings is 1. The number of ether oxygens (including phenoxy) is 1. The van der Waals surface area contributed by atoms with Crippen molar-refractivity contribution in [2.45, 2.75) is 24.7 Å². The Morgan fingerprint density at radius 1 is 1.17 bits per heavy atom. The standard InChI is InChI=1S/C20H22Cl2N2O4S/c1-2-28-18-5-7-19(8-6-18)29(26,27)24-9-3-4-14(13-24)20(25)23-17-11-15(21)10-16(22)12-17/h5-8,10-12,14H,2-4,9,13H2,1H3,(H,23,25)/t14-/m1/s1. The van der Waals surface area contributed by atoms with E-state index in [-0.39, 0.29) is 17.3 Å². The molecule has 1 atom stereocenters. The summed E-state index contributed by atoms with van der Waals surface area (Å²) in [5.74, 6) is -0.101. The zero-order chi connectivity index (χ0) is 21.0. The van der Waals surface area contributed by atoms with Crippen molar-refractivity contribution in [3.63, 3.8) is 0 Å². The monoisotopic (exact) mass is 456 g/mol. The fraction of sp³-hybridized carbons (Fsp3) is 0.350. The van der Waals surface area contributed by atoms with Crippen molar-refractivity contribution in [3.05, 3.63) is 52.5 Å². The van der Waals surface area contributed by atoms with Crippen LogP contribution in [-0.4, -0.2) is 38.3 Å². The van der Waals surface area contributed by atoms with Crippen molar-refractivity contribution < 1.29 is 17.9 Å². The molecule has 2 aromatic rings. The molecule has 9 heteroatoms. The lowest BCUT2D eigenvalue weighted by molar-refractivity contribution is -0.120. The summed E-state index contributed by atoms with van der Waals surface area (Å²) in [6, 6.07) is 11.1. The van der Waals surface area contributed by atoms with Crippen LogP contribution >= 0.6 is 23.2 Å². The van der Waals surface area contributed by atoms with E-state index in [0.29, 0.717) is 47.5 Å². The van der Waals surface area contributed by atoms with E-state index in [1.807, 2.05) is 6.92 Å². The summed E-state index contributed by atoms with van der Waals surface area (Å²) < 4.78 is 32.7. The maximum atomic E-state index is 13.0. The lowest BCUT2D eigenvalue weighted by Crippen LogP contribution is -2.43. The third-order valence-electron chi connectivity index (χ3n) is 4.66. The number of carbonyl (C=O) groups is 1. The minimum Gasteiger partial charge on any atom is -0.494 e. The molecule has 0 aromatic heterocycles. The van der Waals surface area contributed by atoms with E-state index in [1.54, 1.807) is 30.3 Å². The molecular formula is C20H22Cl2N2O4S. The Bertz CT molecular complexity index is 960. The van der Waals surface area contributed by atoms with E-state index < -0.39 is 15.9 Å². The normalized spacial score (nSPS) is 17.7. The van der Waals surface area contributed by atoms with E-state index in [9.17, 15) is 13.2 Å². The second-order valence-electron chi connectivity index (χ2n) is 6.75. The molecular weight excluding hydrogens is 435 g/mol. The molecule has 0 radical (unpaired) electrons. The van der Waals surface area contributed by atoms with Gasteiger partial charge in [-0.3, -0.25) is 4.79 Å². The fourth-order valence-electron chi connectivity index (χ4n) is 3.27. The van der Waals surface area contributed by atoms with Crippen molar-refractivity contribution in [3.8, 4) is 5.75 Å². The van der Waals surface area contributed by atoms with Gasteiger partial charge < -0.3 is 10.1 Å². The van der Waals surface area contributed by atoms with Crippen molar-refractivity contribution in [2.24, 2.45) is 5.92 Å². The van der Waals surface area contributed by atoms with Gasteiger partial charge in [0.2, 0.25) is 15.9 Å². The zero-order valence-corrected chi connectivity index (χ0v) is 18.2. The summed E-state index contributed by atoms with van der Waals surface area (Å²) in [6.45, 7) is 2.87. The summed E-state index contributed by atoms with van der Waals surface area (Å²) in [7, 11) is -3.69. The molecule has 0 bridgehead atoms. The number of nitrogens with zero attached hydrogens (tertiary/aromatic N) is 1. The SMILES string of the molecule is CCOc1ccc(S(=O)(=O)N2CCC[C@@H](C(=O)Nc3cc(Cl)cc(Cl)c3)C2)cc1. The van der Waals surface area contributed by atoms with Crippen molar-refractivity contribution in [2.75, 3.05) is 25.0 Å². The molecule has 2 aromatic carbocycles. The Labute approximate surface area is 180 Å².